The first kappa shape index (κ1) is 13.9. The van der Waals surface area contributed by atoms with E-state index in [-0.39, 0.29) is 5.82 Å². The van der Waals surface area contributed by atoms with Crippen LogP contribution in [-0.2, 0) is 6.42 Å². The Kier molecular flexibility index (Phi) is 4.03. The van der Waals surface area contributed by atoms with Crippen LogP contribution in [0.25, 0.3) is 10.4 Å². The van der Waals surface area contributed by atoms with E-state index in [1.807, 2.05) is 18.2 Å². The van der Waals surface area contributed by atoms with E-state index in [0.717, 1.165) is 16.0 Å². The third kappa shape index (κ3) is 3.32. The molecule has 0 aliphatic rings. The summed E-state index contributed by atoms with van der Waals surface area (Å²) in [6.07, 6.45) is 3.24. The molecule has 0 aliphatic carbocycles. The van der Waals surface area contributed by atoms with Crippen molar-refractivity contribution >= 4 is 11.5 Å². The summed E-state index contributed by atoms with van der Waals surface area (Å²) >= 11 is 1.30. The Bertz CT molecular complexity index is 713. The van der Waals surface area contributed by atoms with Crippen molar-refractivity contribution in [3.63, 3.8) is 0 Å². The molecular formula is C16H13FN2OS. The molecule has 0 saturated carbocycles. The average Bonchev–Trinajstić information content (AvgIpc) is 2.99. The number of aliphatic hydroxyl groups is 1. The van der Waals surface area contributed by atoms with Crippen molar-refractivity contribution in [2.24, 2.45) is 0 Å². The number of pyridine rings is 1. The Labute approximate surface area is 125 Å². The summed E-state index contributed by atoms with van der Waals surface area (Å²) in [5.41, 5.74) is 2.54. The van der Waals surface area contributed by atoms with Crippen molar-refractivity contribution in [2.75, 3.05) is 0 Å². The van der Waals surface area contributed by atoms with E-state index in [0.29, 0.717) is 12.1 Å². The SMILES string of the molecule is OC(Cc1ccncc1)c1cc(-c2ccc(F)cc2)sn1. The monoisotopic (exact) mass is 300 g/mol. The van der Waals surface area contributed by atoms with E-state index in [2.05, 4.69) is 9.36 Å². The van der Waals surface area contributed by atoms with E-state index in [4.69, 9.17) is 0 Å². The summed E-state index contributed by atoms with van der Waals surface area (Å²) in [6, 6.07) is 11.9. The van der Waals surface area contributed by atoms with Crippen LogP contribution in [0.2, 0.25) is 0 Å². The van der Waals surface area contributed by atoms with Gasteiger partial charge in [0.05, 0.1) is 10.6 Å². The van der Waals surface area contributed by atoms with Crippen molar-refractivity contribution in [2.45, 2.75) is 12.5 Å². The first-order valence-corrected chi connectivity index (χ1v) is 7.29. The maximum Gasteiger partial charge on any atom is 0.123 e. The average molecular weight is 300 g/mol. The molecule has 2 heterocycles. The van der Waals surface area contributed by atoms with E-state index in [1.165, 1.54) is 23.7 Å². The fourth-order valence-electron chi connectivity index (χ4n) is 2.04. The van der Waals surface area contributed by atoms with Gasteiger partial charge in [-0.15, -0.1) is 0 Å². The largest absolute Gasteiger partial charge is 0.386 e. The van der Waals surface area contributed by atoms with Gasteiger partial charge in [0.2, 0.25) is 0 Å². The molecule has 3 rings (SSSR count). The van der Waals surface area contributed by atoms with Crippen molar-refractivity contribution < 1.29 is 9.50 Å². The van der Waals surface area contributed by atoms with Crippen molar-refractivity contribution in [3.05, 3.63) is 71.9 Å². The summed E-state index contributed by atoms with van der Waals surface area (Å²) in [5, 5.41) is 10.2. The zero-order valence-corrected chi connectivity index (χ0v) is 11.9. The molecule has 0 radical (unpaired) electrons. The molecule has 1 unspecified atom stereocenters. The second kappa shape index (κ2) is 6.11. The highest BCUT2D eigenvalue weighted by molar-refractivity contribution is 7.09. The fraction of sp³-hybridized carbons (Fsp3) is 0.125. The first-order chi connectivity index (χ1) is 10.2. The van der Waals surface area contributed by atoms with Gasteiger partial charge in [-0.2, -0.15) is 4.37 Å². The maximum absolute atomic E-state index is 12.9. The van der Waals surface area contributed by atoms with Gasteiger partial charge in [0, 0.05) is 18.8 Å². The Morgan fingerprint density at radius 3 is 2.52 bits per heavy atom. The number of hydrogen-bond donors (Lipinski definition) is 1. The lowest BCUT2D eigenvalue weighted by molar-refractivity contribution is 0.175. The van der Waals surface area contributed by atoms with Crippen LogP contribution in [-0.4, -0.2) is 14.5 Å². The lowest BCUT2D eigenvalue weighted by Gasteiger charge is -2.06. The zero-order chi connectivity index (χ0) is 14.7. The van der Waals surface area contributed by atoms with Gasteiger partial charge in [-0.3, -0.25) is 4.98 Å². The molecule has 0 spiro atoms. The molecule has 5 heteroatoms. The third-order valence-electron chi connectivity index (χ3n) is 3.18. The van der Waals surface area contributed by atoms with Gasteiger partial charge in [0.15, 0.2) is 0 Å². The lowest BCUT2D eigenvalue weighted by Crippen LogP contribution is -2.01. The van der Waals surface area contributed by atoms with Crippen LogP contribution in [0.5, 0.6) is 0 Å². The number of aliphatic hydroxyl groups excluding tert-OH is 1. The van der Waals surface area contributed by atoms with Crippen molar-refractivity contribution in [1.82, 2.24) is 9.36 Å². The van der Waals surface area contributed by atoms with Gasteiger partial charge >= 0.3 is 0 Å². The van der Waals surface area contributed by atoms with Crippen molar-refractivity contribution in [3.8, 4) is 10.4 Å². The molecule has 0 saturated heterocycles. The predicted molar refractivity (Wildman–Crippen MR) is 80.4 cm³/mol. The number of aromatic nitrogens is 2. The van der Waals surface area contributed by atoms with E-state index in [1.54, 1.807) is 24.5 Å². The molecule has 1 aromatic carbocycles. The van der Waals surface area contributed by atoms with Crippen LogP contribution >= 0.6 is 11.5 Å². The molecular weight excluding hydrogens is 287 g/mol. The third-order valence-corrected chi connectivity index (χ3v) is 4.03. The highest BCUT2D eigenvalue weighted by Gasteiger charge is 2.13. The summed E-state index contributed by atoms with van der Waals surface area (Å²) in [7, 11) is 0. The minimum Gasteiger partial charge on any atom is -0.386 e. The van der Waals surface area contributed by atoms with Crippen LogP contribution < -0.4 is 0 Å². The summed E-state index contributed by atoms with van der Waals surface area (Å²) in [4.78, 5) is 4.87. The summed E-state index contributed by atoms with van der Waals surface area (Å²) in [5.74, 6) is -0.263. The van der Waals surface area contributed by atoms with Crippen LogP contribution in [0.15, 0.2) is 54.9 Å². The van der Waals surface area contributed by atoms with Gasteiger partial charge in [-0.25, -0.2) is 4.39 Å². The molecule has 0 amide bonds. The molecule has 106 valence electrons. The Morgan fingerprint density at radius 1 is 1.10 bits per heavy atom. The second-order valence-electron chi connectivity index (χ2n) is 4.70. The first-order valence-electron chi connectivity index (χ1n) is 6.52. The molecule has 3 aromatic rings. The zero-order valence-electron chi connectivity index (χ0n) is 11.1. The standard InChI is InChI=1S/C16H13FN2OS/c17-13-3-1-12(2-4-13)16-10-14(19-21-16)15(20)9-11-5-7-18-8-6-11/h1-8,10,15,20H,9H2. The van der Waals surface area contributed by atoms with Gasteiger partial charge < -0.3 is 5.11 Å². The van der Waals surface area contributed by atoms with Crippen LogP contribution in [0.1, 0.15) is 17.4 Å². The Balaban J connectivity index is 1.76. The maximum atomic E-state index is 12.9. The lowest BCUT2D eigenvalue weighted by atomic mass is 10.1. The summed E-state index contributed by atoms with van der Waals surface area (Å²) in [6.45, 7) is 0. The number of halogens is 1. The second-order valence-corrected chi connectivity index (χ2v) is 5.50. The molecule has 0 bridgehead atoms. The van der Waals surface area contributed by atoms with E-state index in [9.17, 15) is 9.50 Å². The minimum atomic E-state index is -0.655. The van der Waals surface area contributed by atoms with Crippen molar-refractivity contribution in [1.29, 1.82) is 0 Å². The molecule has 0 fully saturated rings. The number of rotatable bonds is 4. The quantitative estimate of drug-likeness (QED) is 0.800. The van der Waals surface area contributed by atoms with E-state index < -0.39 is 6.10 Å². The molecule has 3 nitrogen and oxygen atoms in total. The van der Waals surface area contributed by atoms with Gasteiger partial charge in [-0.05, 0) is 53.0 Å². The highest BCUT2D eigenvalue weighted by Crippen LogP contribution is 2.28. The molecule has 2 aromatic heterocycles. The summed E-state index contributed by atoms with van der Waals surface area (Å²) < 4.78 is 17.2. The van der Waals surface area contributed by atoms with Gasteiger partial charge in [0.25, 0.3) is 0 Å². The van der Waals surface area contributed by atoms with Crippen LogP contribution in [0, 0.1) is 5.82 Å². The van der Waals surface area contributed by atoms with Gasteiger partial charge in [-0.1, -0.05) is 12.1 Å². The topological polar surface area (TPSA) is 46.0 Å². The van der Waals surface area contributed by atoms with E-state index >= 15 is 0 Å². The molecule has 21 heavy (non-hydrogen) atoms. The highest BCUT2D eigenvalue weighted by atomic mass is 32.1. The molecule has 1 atom stereocenters. The number of benzene rings is 1. The predicted octanol–water partition coefficient (Wildman–Crippen LogP) is 3.62. The molecule has 0 aliphatic heterocycles. The number of nitrogens with zero attached hydrogens (tertiary/aromatic N) is 2. The fourth-order valence-corrected chi connectivity index (χ4v) is 2.84. The normalized spacial score (nSPS) is 12.3. The Hall–Kier alpha value is -2.11. The van der Waals surface area contributed by atoms with Crippen LogP contribution in [0.4, 0.5) is 4.39 Å². The number of hydrogen-bond acceptors (Lipinski definition) is 4. The molecule has 1 N–H and O–H groups in total. The van der Waals surface area contributed by atoms with Gasteiger partial charge in [0.1, 0.15) is 11.9 Å². The smallest absolute Gasteiger partial charge is 0.123 e. The Morgan fingerprint density at radius 2 is 1.81 bits per heavy atom. The minimum absolute atomic E-state index is 0.263. The van der Waals surface area contributed by atoms with Crippen LogP contribution in [0.3, 0.4) is 0 Å².